The highest BCUT2D eigenvalue weighted by Gasteiger charge is 2.28. The Kier molecular flexibility index (Phi) is 5.28. The number of hydrogen-bond donors (Lipinski definition) is 1. The predicted octanol–water partition coefficient (Wildman–Crippen LogP) is 3.50. The fourth-order valence-corrected chi connectivity index (χ4v) is 2.34. The molecule has 8 heteroatoms. The molecule has 0 aliphatic rings. The van der Waals surface area contributed by atoms with Gasteiger partial charge in [0.05, 0.1) is 10.9 Å². The summed E-state index contributed by atoms with van der Waals surface area (Å²) in [6.07, 6.45) is -4.40. The molecule has 0 fully saturated rings. The number of carbonyl (C=O) groups is 1. The fraction of sp³-hybridized carbons (Fsp3) is 0.500. The number of rotatable bonds is 4. The van der Waals surface area contributed by atoms with Gasteiger partial charge < -0.3 is 10.2 Å². The van der Waals surface area contributed by atoms with Gasteiger partial charge in [-0.25, -0.2) is 4.79 Å². The van der Waals surface area contributed by atoms with Gasteiger partial charge in [0.15, 0.2) is 0 Å². The Morgan fingerprint density at radius 3 is 2.61 bits per heavy atom. The van der Waals surface area contributed by atoms with Crippen molar-refractivity contribution in [2.24, 2.45) is 0 Å². The third-order valence-corrected chi connectivity index (χ3v) is 3.30. The zero-order valence-corrected chi connectivity index (χ0v) is 11.1. The van der Waals surface area contributed by atoms with Crippen molar-refractivity contribution in [2.75, 3.05) is 13.1 Å². The molecule has 1 aromatic rings. The lowest BCUT2D eigenvalue weighted by Gasteiger charge is -2.21. The number of alkyl halides is 3. The van der Waals surface area contributed by atoms with Gasteiger partial charge in [-0.1, -0.05) is 11.6 Å². The monoisotopic (exact) mass is 300 g/mol. The van der Waals surface area contributed by atoms with Crippen molar-refractivity contribution in [1.82, 2.24) is 10.2 Å². The summed E-state index contributed by atoms with van der Waals surface area (Å²) in [5.74, 6) is 0. The summed E-state index contributed by atoms with van der Waals surface area (Å²) < 4.78 is 36.5. The number of halogens is 4. The fourth-order valence-electron chi connectivity index (χ4n) is 1.24. The summed E-state index contributed by atoms with van der Waals surface area (Å²) in [5, 5.41) is 1.83. The Hall–Kier alpha value is -0.950. The summed E-state index contributed by atoms with van der Waals surface area (Å²) in [7, 11) is 0. The highest BCUT2D eigenvalue weighted by Crippen LogP contribution is 2.22. The molecule has 1 rings (SSSR count). The summed E-state index contributed by atoms with van der Waals surface area (Å²) in [5.41, 5.74) is 0. The minimum Gasteiger partial charge on any atom is -0.329 e. The van der Waals surface area contributed by atoms with Gasteiger partial charge in [-0.15, -0.1) is 11.3 Å². The van der Waals surface area contributed by atoms with Gasteiger partial charge in [0.2, 0.25) is 0 Å². The number of urea groups is 1. The van der Waals surface area contributed by atoms with E-state index < -0.39 is 18.8 Å². The second-order valence-electron chi connectivity index (χ2n) is 3.49. The number of carbonyl (C=O) groups excluding carboxylic acids is 1. The Bertz CT molecular complexity index is 408. The van der Waals surface area contributed by atoms with E-state index in [1.165, 1.54) is 16.2 Å². The third-order valence-electron chi connectivity index (χ3n) is 2.08. The van der Waals surface area contributed by atoms with Crippen LogP contribution in [0, 0.1) is 0 Å². The average Bonchev–Trinajstić information content (AvgIpc) is 2.67. The summed E-state index contributed by atoms with van der Waals surface area (Å²) in [4.78, 5) is 13.6. The molecule has 1 heterocycles. The molecule has 0 aliphatic heterocycles. The van der Waals surface area contributed by atoms with E-state index >= 15 is 0 Å². The van der Waals surface area contributed by atoms with Gasteiger partial charge in [0.25, 0.3) is 0 Å². The van der Waals surface area contributed by atoms with E-state index in [1.807, 2.05) is 5.32 Å². The first kappa shape index (κ1) is 15.1. The highest BCUT2D eigenvalue weighted by molar-refractivity contribution is 7.16. The zero-order chi connectivity index (χ0) is 13.8. The van der Waals surface area contributed by atoms with Crippen molar-refractivity contribution in [3.05, 3.63) is 21.3 Å². The topological polar surface area (TPSA) is 32.3 Å². The van der Waals surface area contributed by atoms with Crippen LogP contribution in [0.1, 0.15) is 11.8 Å². The Balaban J connectivity index is 2.52. The molecule has 1 N–H and O–H groups in total. The first-order valence-corrected chi connectivity index (χ1v) is 6.35. The molecule has 0 atom stereocenters. The summed E-state index contributed by atoms with van der Waals surface area (Å²) in [6.45, 7) is 0.937. The standard InChI is InChI=1S/C10H12ClF3N2OS/c1-2-16(5-7-3-4-8(11)18-7)9(17)15-6-10(12,13)14/h3-4H,2,5-6H2,1H3,(H,15,17). The van der Waals surface area contributed by atoms with E-state index in [2.05, 4.69) is 0 Å². The average molecular weight is 301 g/mol. The maximum Gasteiger partial charge on any atom is 0.405 e. The molecule has 0 radical (unpaired) electrons. The van der Waals surface area contributed by atoms with Crippen LogP contribution in [-0.4, -0.2) is 30.2 Å². The number of hydrogen-bond acceptors (Lipinski definition) is 2. The smallest absolute Gasteiger partial charge is 0.329 e. The lowest BCUT2D eigenvalue weighted by Crippen LogP contribution is -2.43. The molecule has 102 valence electrons. The van der Waals surface area contributed by atoms with E-state index in [-0.39, 0.29) is 6.54 Å². The quantitative estimate of drug-likeness (QED) is 0.907. The summed E-state index contributed by atoms with van der Waals surface area (Å²) in [6, 6.07) is 2.69. The Labute approximate surface area is 112 Å². The van der Waals surface area contributed by atoms with E-state index in [0.29, 0.717) is 10.9 Å². The first-order valence-electron chi connectivity index (χ1n) is 5.15. The van der Waals surface area contributed by atoms with Crippen molar-refractivity contribution in [3.63, 3.8) is 0 Å². The predicted molar refractivity (Wildman–Crippen MR) is 64.9 cm³/mol. The lowest BCUT2D eigenvalue weighted by molar-refractivity contribution is -0.123. The minimum atomic E-state index is -4.40. The van der Waals surface area contributed by atoms with Gasteiger partial charge in [-0.3, -0.25) is 0 Å². The molecule has 18 heavy (non-hydrogen) atoms. The summed E-state index contributed by atoms with van der Waals surface area (Å²) >= 11 is 7.03. The van der Waals surface area contributed by atoms with Crippen LogP contribution in [0.5, 0.6) is 0 Å². The van der Waals surface area contributed by atoms with Crippen LogP contribution in [-0.2, 0) is 6.54 Å². The second-order valence-corrected chi connectivity index (χ2v) is 5.29. The van der Waals surface area contributed by atoms with E-state index in [4.69, 9.17) is 11.6 Å². The van der Waals surface area contributed by atoms with Crippen LogP contribution < -0.4 is 5.32 Å². The second kappa shape index (κ2) is 6.29. The lowest BCUT2D eigenvalue weighted by atomic mass is 10.4. The molecule has 0 saturated carbocycles. The van der Waals surface area contributed by atoms with E-state index in [0.717, 1.165) is 4.88 Å². The molecule has 0 saturated heterocycles. The van der Waals surface area contributed by atoms with Crippen molar-refractivity contribution < 1.29 is 18.0 Å². The number of nitrogens with zero attached hydrogens (tertiary/aromatic N) is 1. The maximum atomic E-state index is 12.0. The van der Waals surface area contributed by atoms with Crippen molar-refractivity contribution in [3.8, 4) is 0 Å². The van der Waals surface area contributed by atoms with E-state index in [1.54, 1.807) is 19.1 Å². The number of thiophene rings is 1. The van der Waals surface area contributed by atoms with Crippen LogP contribution in [0.15, 0.2) is 12.1 Å². The molecule has 3 nitrogen and oxygen atoms in total. The maximum absolute atomic E-state index is 12.0. The Morgan fingerprint density at radius 2 is 2.17 bits per heavy atom. The van der Waals surface area contributed by atoms with Crippen LogP contribution in [0.3, 0.4) is 0 Å². The normalized spacial score (nSPS) is 11.4. The van der Waals surface area contributed by atoms with Gasteiger partial charge in [0.1, 0.15) is 6.54 Å². The molecule has 0 unspecified atom stereocenters. The number of amides is 2. The highest BCUT2D eigenvalue weighted by atomic mass is 35.5. The largest absolute Gasteiger partial charge is 0.405 e. The molecule has 0 aromatic carbocycles. The van der Waals surface area contributed by atoms with Crippen molar-refractivity contribution in [1.29, 1.82) is 0 Å². The van der Waals surface area contributed by atoms with Gasteiger partial charge in [-0.2, -0.15) is 13.2 Å². The molecule has 0 spiro atoms. The molecule has 0 bridgehead atoms. The van der Waals surface area contributed by atoms with Crippen molar-refractivity contribution in [2.45, 2.75) is 19.6 Å². The van der Waals surface area contributed by atoms with Crippen LogP contribution in [0.4, 0.5) is 18.0 Å². The van der Waals surface area contributed by atoms with Crippen LogP contribution in [0.25, 0.3) is 0 Å². The van der Waals surface area contributed by atoms with Gasteiger partial charge >= 0.3 is 12.2 Å². The van der Waals surface area contributed by atoms with Gasteiger partial charge in [-0.05, 0) is 19.1 Å². The minimum absolute atomic E-state index is 0.248. The third kappa shape index (κ3) is 5.14. The SMILES string of the molecule is CCN(Cc1ccc(Cl)s1)C(=O)NCC(F)(F)F. The van der Waals surface area contributed by atoms with Crippen LogP contribution >= 0.6 is 22.9 Å². The number of nitrogens with one attached hydrogen (secondary N) is 1. The molecule has 2 amide bonds. The molecule has 0 aliphatic carbocycles. The molecular formula is C10H12ClF3N2OS. The Morgan fingerprint density at radius 1 is 1.50 bits per heavy atom. The van der Waals surface area contributed by atoms with Crippen LogP contribution in [0.2, 0.25) is 4.34 Å². The van der Waals surface area contributed by atoms with Crippen molar-refractivity contribution >= 4 is 29.0 Å². The van der Waals surface area contributed by atoms with Gasteiger partial charge in [0, 0.05) is 11.4 Å². The molecule has 1 aromatic heterocycles. The molecular weight excluding hydrogens is 289 g/mol. The van der Waals surface area contributed by atoms with E-state index in [9.17, 15) is 18.0 Å². The first-order chi connectivity index (χ1) is 8.31. The zero-order valence-electron chi connectivity index (χ0n) is 9.55.